The van der Waals surface area contributed by atoms with Gasteiger partial charge in [-0.15, -0.1) is 0 Å². The van der Waals surface area contributed by atoms with E-state index in [1.54, 1.807) is 30.3 Å². The van der Waals surface area contributed by atoms with Crippen LogP contribution in [0.15, 0.2) is 30.3 Å². The number of carboxylic acids is 1. The zero-order valence-electron chi connectivity index (χ0n) is 21.7. The molecule has 10 N–H and O–H groups in total. The molecule has 0 aliphatic rings. The van der Waals surface area contributed by atoms with E-state index in [9.17, 15) is 29.1 Å². The van der Waals surface area contributed by atoms with Gasteiger partial charge >= 0.3 is 5.97 Å². The highest BCUT2D eigenvalue weighted by atomic mass is 32.2. The summed E-state index contributed by atoms with van der Waals surface area (Å²) >= 11 is 1.44. The zero-order valence-corrected chi connectivity index (χ0v) is 22.5. The molecule has 1 aromatic carbocycles. The maximum Gasteiger partial charge on any atom is 0.326 e. The summed E-state index contributed by atoms with van der Waals surface area (Å²) in [4.78, 5) is 62.0. The minimum Gasteiger partial charge on any atom is -0.480 e. The first kappa shape index (κ1) is 32.9. The molecule has 0 fully saturated rings. The number of rotatable bonds is 19. The molecule has 1 aromatic rings. The number of primary amides is 1. The second-order valence-electron chi connectivity index (χ2n) is 8.89. The number of amides is 4. The largest absolute Gasteiger partial charge is 0.480 e. The van der Waals surface area contributed by atoms with Crippen LogP contribution < -0.4 is 33.2 Å². The van der Waals surface area contributed by atoms with Crippen LogP contribution in [0.5, 0.6) is 0 Å². The van der Waals surface area contributed by atoms with Gasteiger partial charge in [-0.1, -0.05) is 36.8 Å². The highest BCUT2D eigenvalue weighted by molar-refractivity contribution is 7.98. The maximum atomic E-state index is 13.2. The van der Waals surface area contributed by atoms with Crippen molar-refractivity contribution in [2.45, 2.75) is 69.1 Å². The van der Waals surface area contributed by atoms with Crippen molar-refractivity contribution in [1.82, 2.24) is 16.0 Å². The van der Waals surface area contributed by atoms with E-state index in [-0.39, 0.29) is 25.7 Å². The Bertz CT molecular complexity index is 919. The summed E-state index contributed by atoms with van der Waals surface area (Å²) in [5.41, 5.74) is 17.4. The summed E-state index contributed by atoms with van der Waals surface area (Å²) in [5.74, 6) is -3.33. The van der Waals surface area contributed by atoms with Crippen molar-refractivity contribution in [3.05, 3.63) is 35.9 Å². The summed E-state index contributed by atoms with van der Waals surface area (Å²) in [7, 11) is 0. The Kier molecular flexibility index (Phi) is 15.7. The van der Waals surface area contributed by atoms with Crippen LogP contribution in [-0.4, -0.2) is 77.4 Å². The molecule has 13 heteroatoms. The van der Waals surface area contributed by atoms with E-state index >= 15 is 0 Å². The summed E-state index contributed by atoms with van der Waals surface area (Å²) in [6.45, 7) is 0.461. The van der Waals surface area contributed by atoms with Gasteiger partial charge in [-0.25, -0.2) is 4.79 Å². The van der Waals surface area contributed by atoms with Crippen molar-refractivity contribution < 1.29 is 29.1 Å². The lowest BCUT2D eigenvalue weighted by molar-refractivity contribution is -0.142. The van der Waals surface area contributed by atoms with Gasteiger partial charge in [0.2, 0.25) is 23.6 Å². The SMILES string of the molecule is CSCCC(NC(=O)C(Cc1ccccc1)NC(=O)C(CCC(N)=O)NC(=O)C(N)CCCCN)C(=O)O. The highest BCUT2D eigenvalue weighted by Gasteiger charge is 2.30. The molecule has 4 unspecified atom stereocenters. The van der Waals surface area contributed by atoms with E-state index in [0.29, 0.717) is 31.6 Å². The molecule has 0 aliphatic carbocycles. The fraction of sp³-hybridized carbons (Fsp3) is 0.560. The van der Waals surface area contributed by atoms with Gasteiger partial charge in [0.05, 0.1) is 6.04 Å². The number of carbonyl (C=O) groups is 5. The van der Waals surface area contributed by atoms with Crippen molar-refractivity contribution >= 4 is 41.4 Å². The number of benzene rings is 1. The van der Waals surface area contributed by atoms with Gasteiger partial charge in [0.1, 0.15) is 18.1 Å². The molecular formula is C25H40N6O6S. The molecule has 0 aromatic heterocycles. The smallest absolute Gasteiger partial charge is 0.326 e. The number of hydrogen-bond donors (Lipinski definition) is 7. The lowest BCUT2D eigenvalue weighted by Gasteiger charge is -2.25. The number of aliphatic carboxylic acids is 1. The van der Waals surface area contributed by atoms with Gasteiger partial charge < -0.3 is 38.3 Å². The lowest BCUT2D eigenvalue weighted by Crippen LogP contribution is -2.57. The Morgan fingerprint density at radius 3 is 2.05 bits per heavy atom. The number of carbonyl (C=O) groups excluding carboxylic acids is 4. The Labute approximate surface area is 227 Å². The molecular weight excluding hydrogens is 512 g/mol. The van der Waals surface area contributed by atoms with E-state index < -0.39 is 53.8 Å². The molecule has 0 aliphatic heterocycles. The Morgan fingerprint density at radius 2 is 1.47 bits per heavy atom. The Morgan fingerprint density at radius 1 is 0.868 bits per heavy atom. The fourth-order valence-electron chi connectivity index (χ4n) is 3.57. The standard InChI is InChI=1S/C25H40N6O6S/c1-38-14-12-19(25(36)37)30-24(35)20(15-16-7-3-2-4-8-16)31-23(34)18(10-11-21(28)32)29-22(33)17(27)9-5-6-13-26/h2-4,7-8,17-20H,5-6,9-15,26-27H2,1H3,(H2,28,32)(H,29,33)(H,30,35)(H,31,34)(H,36,37). The average Bonchev–Trinajstić information content (AvgIpc) is 2.88. The third kappa shape index (κ3) is 12.9. The second-order valence-corrected chi connectivity index (χ2v) is 9.87. The quantitative estimate of drug-likeness (QED) is 0.107. The monoisotopic (exact) mass is 552 g/mol. The van der Waals surface area contributed by atoms with Gasteiger partial charge in [-0.3, -0.25) is 19.2 Å². The molecule has 4 atom stereocenters. The number of thioether (sulfide) groups is 1. The number of carboxylic acid groups (broad SMARTS) is 1. The Hall–Kier alpha value is -3.16. The first-order chi connectivity index (χ1) is 18.1. The van der Waals surface area contributed by atoms with Crippen LogP contribution in [0, 0.1) is 0 Å². The molecule has 0 heterocycles. The van der Waals surface area contributed by atoms with Crippen LogP contribution in [0.25, 0.3) is 0 Å². The normalized spacial score (nSPS) is 14.0. The van der Waals surface area contributed by atoms with Crippen LogP contribution in [0.4, 0.5) is 0 Å². The summed E-state index contributed by atoms with van der Waals surface area (Å²) in [6.07, 6.45) is 3.49. The molecule has 4 amide bonds. The zero-order chi connectivity index (χ0) is 28.5. The molecule has 38 heavy (non-hydrogen) atoms. The van der Waals surface area contributed by atoms with E-state index in [4.69, 9.17) is 17.2 Å². The van der Waals surface area contributed by atoms with Crippen molar-refractivity contribution in [3.63, 3.8) is 0 Å². The third-order valence-corrected chi connectivity index (χ3v) is 6.40. The van der Waals surface area contributed by atoms with Crippen LogP contribution in [-0.2, 0) is 30.4 Å². The first-order valence-electron chi connectivity index (χ1n) is 12.5. The molecule has 0 radical (unpaired) electrons. The van der Waals surface area contributed by atoms with Gasteiger partial charge in [-0.2, -0.15) is 11.8 Å². The molecule has 0 bridgehead atoms. The van der Waals surface area contributed by atoms with Crippen molar-refractivity contribution in [2.24, 2.45) is 17.2 Å². The maximum absolute atomic E-state index is 13.2. The van der Waals surface area contributed by atoms with Crippen LogP contribution in [0.3, 0.4) is 0 Å². The number of nitrogens with one attached hydrogen (secondary N) is 3. The topological polar surface area (TPSA) is 220 Å². The molecule has 212 valence electrons. The molecule has 1 rings (SSSR count). The number of nitrogens with two attached hydrogens (primary N) is 3. The fourth-order valence-corrected chi connectivity index (χ4v) is 4.04. The first-order valence-corrected chi connectivity index (χ1v) is 13.9. The van der Waals surface area contributed by atoms with Crippen LogP contribution >= 0.6 is 11.8 Å². The predicted molar refractivity (Wildman–Crippen MR) is 146 cm³/mol. The summed E-state index contributed by atoms with van der Waals surface area (Å²) < 4.78 is 0. The average molecular weight is 553 g/mol. The highest BCUT2D eigenvalue weighted by Crippen LogP contribution is 2.08. The molecule has 0 saturated carbocycles. The van der Waals surface area contributed by atoms with Crippen molar-refractivity contribution in [2.75, 3.05) is 18.6 Å². The summed E-state index contributed by atoms with van der Waals surface area (Å²) in [6, 6.07) is 4.51. The van der Waals surface area contributed by atoms with Crippen molar-refractivity contribution in [1.29, 1.82) is 0 Å². The minimum atomic E-state index is -1.19. The van der Waals surface area contributed by atoms with E-state index in [1.807, 2.05) is 6.26 Å². The predicted octanol–water partition coefficient (Wildman–Crippen LogP) is -0.757. The Balaban J connectivity index is 3.08. The van der Waals surface area contributed by atoms with Crippen LogP contribution in [0.1, 0.15) is 44.1 Å². The van der Waals surface area contributed by atoms with Crippen LogP contribution in [0.2, 0.25) is 0 Å². The number of hydrogen-bond acceptors (Lipinski definition) is 8. The van der Waals surface area contributed by atoms with Gasteiger partial charge in [0.25, 0.3) is 0 Å². The minimum absolute atomic E-state index is 0.0718. The summed E-state index contributed by atoms with van der Waals surface area (Å²) in [5, 5.41) is 17.2. The third-order valence-electron chi connectivity index (χ3n) is 5.76. The van der Waals surface area contributed by atoms with E-state index in [0.717, 1.165) is 5.56 Å². The molecule has 12 nitrogen and oxygen atoms in total. The lowest BCUT2D eigenvalue weighted by atomic mass is 10.0. The van der Waals surface area contributed by atoms with Gasteiger partial charge in [0, 0.05) is 12.8 Å². The molecule has 0 spiro atoms. The second kappa shape index (κ2) is 18.2. The van der Waals surface area contributed by atoms with Gasteiger partial charge in [-0.05, 0) is 49.8 Å². The molecule has 0 saturated heterocycles. The van der Waals surface area contributed by atoms with Gasteiger partial charge in [0.15, 0.2) is 0 Å². The van der Waals surface area contributed by atoms with E-state index in [2.05, 4.69) is 16.0 Å². The van der Waals surface area contributed by atoms with Crippen molar-refractivity contribution in [3.8, 4) is 0 Å². The number of unbranched alkanes of at least 4 members (excludes halogenated alkanes) is 1. The van der Waals surface area contributed by atoms with E-state index in [1.165, 1.54) is 11.8 Å².